The maximum Gasteiger partial charge on any atom is 0.270 e. The van der Waals surface area contributed by atoms with Crippen LogP contribution in [0.25, 0.3) is 0 Å². The number of amides is 1. The molecule has 5 nitrogen and oxygen atoms in total. The molecule has 1 aromatic heterocycles. The number of carbonyl (C=O) groups excluding carboxylic acids is 2. The van der Waals surface area contributed by atoms with E-state index in [4.69, 9.17) is 0 Å². The molecule has 134 valence electrons. The predicted octanol–water partition coefficient (Wildman–Crippen LogP) is 3.37. The predicted molar refractivity (Wildman–Crippen MR) is 99.0 cm³/mol. The molecule has 0 unspecified atom stereocenters. The van der Waals surface area contributed by atoms with E-state index in [9.17, 15) is 14.7 Å². The lowest BCUT2D eigenvalue weighted by Gasteiger charge is -2.20. The molecule has 2 rings (SSSR count). The first-order valence-corrected chi connectivity index (χ1v) is 9.38. The lowest BCUT2D eigenvalue weighted by molar-refractivity contribution is -0.111. The number of rotatable bonds is 9. The van der Waals surface area contributed by atoms with Crippen LogP contribution in [-0.2, 0) is 17.6 Å². The van der Waals surface area contributed by atoms with Crippen LogP contribution in [0.4, 0.5) is 0 Å². The van der Waals surface area contributed by atoms with Crippen LogP contribution in [0.3, 0.4) is 0 Å². The molecular formula is C19H24N2O3S. The second-order valence-corrected chi connectivity index (χ2v) is 7.21. The molecule has 0 fully saturated rings. The number of phenols is 1. The average Bonchev–Trinajstić information content (AvgIpc) is 3.06. The standard InChI is InChI=1S/C19H24N2O3S/c1-3-4-18-21-17(12-25-18)19(24)20-15(9-13(2)11-22)10-14-5-7-16(23)8-6-14/h5-8,11-13,15,23H,3-4,9-10H2,1-2H3,(H,20,24)/t13-,15+/m0/s1. The number of nitrogens with zero attached hydrogens (tertiary/aromatic N) is 1. The molecule has 0 saturated heterocycles. The van der Waals surface area contributed by atoms with Crippen molar-refractivity contribution in [1.82, 2.24) is 10.3 Å². The summed E-state index contributed by atoms with van der Waals surface area (Å²) in [5.74, 6) is -0.148. The first-order valence-electron chi connectivity index (χ1n) is 8.50. The second kappa shape index (κ2) is 9.32. The number of phenolic OH excluding ortho intramolecular Hbond substituents is 1. The fourth-order valence-corrected chi connectivity index (χ4v) is 3.50. The average molecular weight is 360 g/mol. The molecule has 1 amide bonds. The smallest absolute Gasteiger partial charge is 0.270 e. The number of benzene rings is 1. The highest BCUT2D eigenvalue weighted by Gasteiger charge is 2.19. The van der Waals surface area contributed by atoms with Crippen LogP contribution >= 0.6 is 11.3 Å². The molecular weight excluding hydrogens is 336 g/mol. The minimum Gasteiger partial charge on any atom is -0.508 e. The normalized spacial score (nSPS) is 13.2. The van der Waals surface area contributed by atoms with Gasteiger partial charge in [-0.05, 0) is 43.4 Å². The van der Waals surface area contributed by atoms with Gasteiger partial charge >= 0.3 is 0 Å². The van der Waals surface area contributed by atoms with E-state index >= 15 is 0 Å². The molecule has 0 bridgehead atoms. The van der Waals surface area contributed by atoms with E-state index in [1.165, 1.54) is 11.3 Å². The van der Waals surface area contributed by atoms with E-state index in [1.807, 2.05) is 19.1 Å². The van der Waals surface area contributed by atoms with Gasteiger partial charge in [-0.2, -0.15) is 0 Å². The number of aldehydes is 1. The molecule has 2 aromatic rings. The van der Waals surface area contributed by atoms with Crippen molar-refractivity contribution in [2.45, 2.75) is 45.6 Å². The summed E-state index contributed by atoms with van der Waals surface area (Å²) in [7, 11) is 0. The molecule has 1 heterocycles. The van der Waals surface area contributed by atoms with Crippen molar-refractivity contribution < 1.29 is 14.7 Å². The number of hydrogen-bond donors (Lipinski definition) is 2. The van der Waals surface area contributed by atoms with Crippen molar-refractivity contribution in [2.75, 3.05) is 0 Å². The number of aromatic hydroxyl groups is 1. The van der Waals surface area contributed by atoms with Gasteiger partial charge in [0.25, 0.3) is 5.91 Å². The first kappa shape index (κ1) is 19.1. The minimum atomic E-state index is -0.208. The highest BCUT2D eigenvalue weighted by Crippen LogP contribution is 2.16. The molecule has 0 radical (unpaired) electrons. The Balaban J connectivity index is 2.06. The maximum absolute atomic E-state index is 12.5. The molecule has 0 aliphatic carbocycles. The van der Waals surface area contributed by atoms with Crippen LogP contribution in [0.1, 0.15) is 47.7 Å². The Labute approximate surface area is 152 Å². The topological polar surface area (TPSA) is 79.3 Å². The van der Waals surface area contributed by atoms with Crippen LogP contribution in [0.2, 0.25) is 0 Å². The third kappa shape index (κ3) is 5.98. The van der Waals surface area contributed by atoms with Gasteiger partial charge in [-0.3, -0.25) is 4.79 Å². The molecule has 0 aliphatic rings. The zero-order chi connectivity index (χ0) is 18.2. The van der Waals surface area contributed by atoms with Crippen LogP contribution in [-0.4, -0.2) is 28.3 Å². The molecule has 2 atom stereocenters. The molecule has 1 aromatic carbocycles. The van der Waals surface area contributed by atoms with Crippen LogP contribution < -0.4 is 5.32 Å². The summed E-state index contributed by atoms with van der Waals surface area (Å²) >= 11 is 1.50. The number of thiazole rings is 1. The first-order chi connectivity index (χ1) is 12.0. The molecule has 0 spiro atoms. The summed E-state index contributed by atoms with van der Waals surface area (Å²) < 4.78 is 0. The number of aryl methyl sites for hydroxylation is 1. The van der Waals surface area contributed by atoms with E-state index in [0.29, 0.717) is 18.5 Å². The Hall–Kier alpha value is -2.21. The zero-order valence-corrected chi connectivity index (χ0v) is 15.4. The maximum atomic E-state index is 12.5. The van der Waals surface area contributed by atoms with Gasteiger partial charge in [0.2, 0.25) is 0 Å². The van der Waals surface area contributed by atoms with Gasteiger partial charge in [0, 0.05) is 17.3 Å². The quantitative estimate of drug-likeness (QED) is 0.672. The van der Waals surface area contributed by atoms with Gasteiger partial charge in [-0.15, -0.1) is 11.3 Å². The summed E-state index contributed by atoms with van der Waals surface area (Å²) in [6.07, 6.45) is 3.92. The second-order valence-electron chi connectivity index (χ2n) is 6.27. The lowest BCUT2D eigenvalue weighted by Crippen LogP contribution is -2.38. The van der Waals surface area contributed by atoms with Crippen molar-refractivity contribution in [2.24, 2.45) is 5.92 Å². The number of nitrogens with one attached hydrogen (secondary N) is 1. The Morgan fingerprint density at radius 3 is 2.72 bits per heavy atom. The zero-order valence-electron chi connectivity index (χ0n) is 14.6. The van der Waals surface area contributed by atoms with Gasteiger partial charge < -0.3 is 15.2 Å². The van der Waals surface area contributed by atoms with Crippen LogP contribution in [0.15, 0.2) is 29.6 Å². The molecule has 0 aliphatic heterocycles. The number of carbonyl (C=O) groups is 2. The lowest BCUT2D eigenvalue weighted by atomic mass is 9.96. The van der Waals surface area contributed by atoms with Crippen molar-refractivity contribution >= 4 is 23.5 Å². The molecule has 6 heteroatoms. The SMILES string of the molecule is CCCc1nc(C(=O)N[C@@H](Cc2ccc(O)cc2)C[C@H](C)C=O)cs1. The number of hydrogen-bond acceptors (Lipinski definition) is 5. The summed E-state index contributed by atoms with van der Waals surface area (Å²) in [4.78, 5) is 27.9. The summed E-state index contributed by atoms with van der Waals surface area (Å²) in [6, 6.07) is 6.71. The van der Waals surface area contributed by atoms with Crippen molar-refractivity contribution in [3.63, 3.8) is 0 Å². The summed E-state index contributed by atoms with van der Waals surface area (Å²) in [6.45, 7) is 3.92. The highest BCUT2D eigenvalue weighted by atomic mass is 32.1. The Kier molecular flexibility index (Phi) is 7.13. The third-order valence-electron chi connectivity index (χ3n) is 3.89. The largest absolute Gasteiger partial charge is 0.508 e. The van der Waals surface area contributed by atoms with Crippen LogP contribution in [0, 0.1) is 5.92 Å². The summed E-state index contributed by atoms with van der Waals surface area (Å²) in [5, 5.41) is 15.1. The van der Waals surface area contributed by atoms with E-state index < -0.39 is 0 Å². The molecule has 2 N–H and O–H groups in total. The van der Waals surface area contributed by atoms with Gasteiger partial charge in [-0.25, -0.2) is 4.98 Å². The van der Waals surface area contributed by atoms with Gasteiger partial charge in [0.05, 0.1) is 5.01 Å². The van der Waals surface area contributed by atoms with Gasteiger partial charge in [0.15, 0.2) is 0 Å². The van der Waals surface area contributed by atoms with Crippen molar-refractivity contribution in [1.29, 1.82) is 0 Å². The van der Waals surface area contributed by atoms with E-state index in [0.717, 1.165) is 29.7 Å². The Bertz CT molecular complexity index is 697. The van der Waals surface area contributed by atoms with Gasteiger partial charge in [-0.1, -0.05) is 26.0 Å². The number of aromatic nitrogens is 1. The fourth-order valence-electron chi connectivity index (χ4n) is 2.62. The highest BCUT2D eigenvalue weighted by molar-refractivity contribution is 7.09. The summed E-state index contributed by atoms with van der Waals surface area (Å²) in [5.41, 5.74) is 1.43. The van der Waals surface area contributed by atoms with Crippen LogP contribution in [0.5, 0.6) is 5.75 Å². The Morgan fingerprint density at radius 2 is 2.08 bits per heavy atom. The monoisotopic (exact) mass is 360 g/mol. The fraction of sp³-hybridized carbons (Fsp3) is 0.421. The van der Waals surface area contributed by atoms with Crippen molar-refractivity contribution in [3.8, 4) is 5.75 Å². The van der Waals surface area contributed by atoms with E-state index in [1.54, 1.807) is 17.5 Å². The van der Waals surface area contributed by atoms with Crippen molar-refractivity contribution in [3.05, 3.63) is 45.9 Å². The minimum absolute atomic E-state index is 0.145. The van der Waals surface area contributed by atoms with E-state index in [2.05, 4.69) is 17.2 Å². The molecule has 0 saturated carbocycles. The molecule has 25 heavy (non-hydrogen) atoms. The third-order valence-corrected chi connectivity index (χ3v) is 4.80. The van der Waals surface area contributed by atoms with E-state index in [-0.39, 0.29) is 23.6 Å². The van der Waals surface area contributed by atoms with Gasteiger partial charge in [0.1, 0.15) is 17.7 Å². The Morgan fingerprint density at radius 1 is 1.36 bits per heavy atom.